The lowest BCUT2D eigenvalue weighted by atomic mass is 10.2. The van der Waals surface area contributed by atoms with Gasteiger partial charge in [0.1, 0.15) is 0 Å². The molecule has 2 heterocycles. The van der Waals surface area contributed by atoms with Crippen molar-refractivity contribution in [1.82, 2.24) is 14.9 Å². The monoisotopic (exact) mass is 253 g/mol. The lowest BCUT2D eigenvalue weighted by Crippen LogP contribution is -2.10. The number of nitrogens with one attached hydrogen (secondary N) is 1. The highest BCUT2D eigenvalue weighted by Gasteiger charge is 2.05. The summed E-state index contributed by atoms with van der Waals surface area (Å²) >= 11 is 3.54. The van der Waals surface area contributed by atoms with Crippen molar-refractivity contribution >= 4 is 21.4 Å². The fourth-order valence-corrected chi connectivity index (χ4v) is 2.09. The lowest BCUT2D eigenvalue weighted by molar-refractivity contribution is 0.794. The molecule has 3 nitrogen and oxygen atoms in total. The molecule has 0 fully saturated rings. The summed E-state index contributed by atoms with van der Waals surface area (Å²) in [5.74, 6) is 0. The Bertz CT molecular complexity index is 436. The van der Waals surface area contributed by atoms with Gasteiger partial charge in [-0.3, -0.25) is 0 Å². The summed E-state index contributed by atoms with van der Waals surface area (Å²) in [5.41, 5.74) is 2.44. The SMILES string of the molecule is CNCCc1cnn2cccc(Br)c12. The van der Waals surface area contributed by atoms with Crippen molar-refractivity contribution < 1.29 is 0 Å². The van der Waals surface area contributed by atoms with Gasteiger partial charge >= 0.3 is 0 Å². The van der Waals surface area contributed by atoms with Crippen LogP contribution in [0.5, 0.6) is 0 Å². The van der Waals surface area contributed by atoms with Crippen molar-refractivity contribution in [3.63, 3.8) is 0 Å². The van der Waals surface area contributed by atoms with E-state index in [9.17, 15) is 0 Å². The van der Waals surface area contributed by atoms with E-state index in [-0.39, 0.29) is 0 Å². The normalized spacial score (nSPS) is 11.0. The summed E-state index contributed by atoms with van der Waals surface area (Å²) in [6.07, 6.45) is 4.89. The van der Waals surface area contributed by atoms with E-state index in [1.54, 1.807) is 0 Å². The Morgan fingerprint density at radius 1 is 1.57 bits per heavy atom. The van der Waals surface area contributed by atoms with E-state index in [1.807, 2.05) is 36.1 Å². The number of likely N-dealkylation sites (N-methyl/N-ethyl adjacent to an activating group) is 1. The highest BCUT2D eigenvalue weighted by atomic mass is 79.9. The quantitative estimate of drug-likeness (QED) is 0.905. The summed E-state index contributed by atoms with van der Waals surface area (Å²) in [6, 6.07) is 4.02. The van der Waals surface area contributed by atoms with Crippen LogP contribution in [0.15, 0.2) is 29.0 Å². The number of rotatable bonds is 3. The Labute approximate surface area is 91.2 Å². The summed E-state index contributed by atoms with van der Waals surface area (Å²) in [4.78, 5) is 0. The molecule has 0 aliphatic heterocycles. The number of pyridine rings is 1. The van der Waals surface area contributed by atoms with Crippen LogP contribution < -0.4 is 5.32 Å². The van der Waals surface area contributed by atoms with Gasteiger partial charge in [-0.25, -0.2) is 4.52 Å². The van der Waals surface area contributed by atoms with Gasteiger partial charge in [0.15, 0.2) is 0 Å². The molecular formula is C10H12BrN3. The molecule has 0 atom stereocenters. The first-order chi connectivity index (χ1) is 6.83. The van der Waals surface area contributed by atoms with Gasteiger partial charge in [-0.15, -0.1) is 0 Å². The molecule has 4 heteroatoms. The van der Waals surface area contributed by atoms with Gasteiger partial charge in [0.25, 0.3) is 0 Å². The third-order valence-corrected chi connectivity index (χ3v) is 2.85. The topological polar surface area (TPSA) is 29.3 Å². The Morgan fingerprint density at radius 2 is 2.43 bits per heavy atom. The number of hydrogen-bond donors (Lipinski definition) is 1. The number of hydrogen-bond acceptors (Lipinski definition) is 2. The molecule has 0 saturated carbocycles. The van der Waals surface area contributed by atoms with E-state index in [2.05, 4.69) is 26.3 Å². The minimum atomic E-state index is 0.975. The molecule has 0 unspecified atom stereocenters. The van der Waals surface area contributed by atoms with Gasteiger partial charge < -0.3 is 5.32 Å². The lowest BCUT2D eigenvalue weighted by Gasteiger charge is -2.00. The molecule has 0 aliphatic carbocycles. The Kier molecular flexibility index (Phi) is 2.84. The zero-order valence-electron chi connectivity index (χ0n) is 8.00. The maximum Gasteiger partial charge on any atom is 0.0835 e. The molecule has 74 valence electrons. The van der Waals surface area contributed by atoms with Crippen LogP contribution in [0.3, 0.4) is 0 Å². The van der Waals surface area contributed by atoms with E-state index in [0.717, 1.165) is 17.4 Å². The van der Waals surface area contributed by atoms with Crippen LogP contribution in [0.1, 0.15) is 5.56 Å². The van der Waals surface area contributed by atoms with Crippen LogP contribution in [0.25, 0.3) is 5.52 Å². The van der Waals surface area contributed by atoms with Crippen molar-refractivity contribution in [3.8, 4) is 0 Å². The summed E-state index contributed by atoms with van der Waals surface area (Å²) in [7, 11) is 1.96. The van der Waals surface area contributed by atoms with E-state index in [4.69, 9.17) is 0 Å². The summed E-state index contributed by atoms with van der Waals surface area (Å²) in [6.45, 7) is 0.975. The van der Waals surface area contributed by atoms with Crippen molar-refractivity contribution in [2.24, 2.45) is 0 Å². The first-order valence-electron chi connectivity index (χ1n) is 4.58. The molecule has 0 radical (unpaired) electrons. The largest absolute Gasteiger partial charge is 0.319 e. The highest BCUT2D eigenvalue weighted by Crippen LogP contribution is 2.21. The van der Waals surface area contributed by atoms with Crippen LogP contribution in [-0.4, -0.2) is 23.2 Å². The number of nitrogens with zero attached hydrogens (tertiary/aromatic N) is 2. The summed E-state index contributed by atoms with van der Waals surface area (Å²) in [5, 5.41) is 7.43. The molecule has 0 aliphatic rings. The minimum absolute atomic E-state index is 0.975. The van der Waals surface area contributed by atoms with E-state index >= 15 is 0 Å². The van der Waals surface area contributed by atoms with E-state index < -0.39 is 0 Å². The van der Waals surface area contributed by atoms with Gasteiger partial charge in [0.05, 0.1) is 11.7 Å². The third-order valence-electron chi connectivity index (χ3n) is 2.21. The average Bonchev–Trinajstić information content (AvgIpc) is 2.59. The zero-order chi connectivity index (χ0) is 9.97. The van der Waals surface area contributed by atoms with Crippen LogP contribution >= 0.6 is 15.9 Å². The predicted molar refractivity (Wildman–Crippen MR) is 60.5 cm³/mol. The molecule has 0 bridgehead atoms. The van der Waals surface area contributed by atoms with Gasteiger partial charge in [0.2, 0.25) is 0 Å². The molecule has 2 rings (SSSR count). The molecule has 0 saturated heterocycles. The first-order valence-corrected chi connectivity index (χ1v) is 5.37. The average molecular weight is 254 g/mol. The Morgan fingerprint density at radius 3 is 3.21 bits per heavy atom. The van der Waals surface area contributed by atoms with Crippen LogP contribution in [0, 0.1) is 0 Å². The number of halogens is 1. The van der Waals surface area contributed by atoms with Gasteiger partial charge in [0, 0.05) is 16.2 Å². The maximum atomic E-state index is 4.29. The predicted octanol–water partition coefficient (Wildman–Crippen LogP) is 1.86. The van der Waals surface area contributed by atoms with Gasteiger partial charge in [-0.05, 0) is 48.1 Å². The van der Waals surface area contributed by atoms with E-state index in [1.165, 1.54) is 11.1 Å². The number of fused-ring (bicyclic) bond motifs is 1. The standard InChI is InChI=1S/C10H12BrN3/c1-12-5-4-8-7-13-14-6-2-3-9(11)10(8)14/h2-3,6-7,12H,4-5H2,1H3. The van der Waals surface area contributed by atoms with Crippen molar-refractivity contribution in [2.75, 3.05) is 13.6 Å². The smallest absolute Gasteiger partial charge is 0.0835 e. The molecule has 0 spiro atoms. The molecule has 1 N–H and O–H groups in total. The Hall–Kier alpha value is -0.870. The second kappa shape index (κ2) is 4.11. The number of aromatic nitrogens is 2. The zero-order valence-corrected chi connectivity index (χ0v) is 9.58. The molecule has 14 heavy (non-hydrogen) atoms. The first kappa shape index (κ1) is 9.68. The van der Waals surface area contributed by atoms with E-state index in [0.29, 0.717) is 0 Å². The Balaban J connectivity index is 2.45. The molecule has 2 aromatic rings. The van der Waals surface area contributed by atoms with Gasteiger partial charge in [-0.2, -0.15) is 5.10 Å². The van der Waals surface area contributed by atoms with Crippen LogP contribution in [0.4, 0.5) is 0 Å². The second-order valence-electron chi connectivity index (χ2n) is 3.17. The molecule has 0 amide bonds. The summed E-state index contributed by atoms with van der Waals surface area (Å²) < 4.78 is 3.00. The molecule has 0 aromatic carbocycles. The van der Waals surface area contributed by atoms with Crippen molar-refractivity contribution in [3.05, 3.63) is 34.6 Å². The van der Waals surface area contributed by atoms with Crippen LogP contribution in [0.2, 0.25) is 0 Å². The molecular weight excluding hydrogens is 242 g/mol. The maximum absolute atomic E-state index is 4.29. The fraction of sp³-hybridized carbons (Fsp3) is 0.300. The van der Waals surface area contributed by atoms with Gasteiger partial charge in [-0.1, -0.05) is 0 Å². The third kappa shape index (κ3) is 1.67. The second-order valence-corrected chi connectivity index (χ2v) is 4.03. The van der Waals surface area contributed by atoms with Crippen molar-refractivity contribution in [2.45, 2.75) is 6.42 Å². The van der Waals surface area contributed by atoms with Crippen LogP contribution in [-0.2, 0) is 6.42 Å². The van der Waals surface area contributed by atoms with Crippen molar-refractivity contribution in [1.29, 1.82) is 0 Å². The molecule has 2 aromatic heterocycles. The fourth-order valence-electron chi connectivity index (χ4n) is 1.50. The minimum Gasteiger partial charge on any atom is -0.319 e. The highest BCUT2D eigenvalue weighted by molar-refractivity contribution is 9.10.